The molecule has 0 fully saturated rings. The van der Waals surface area contributed by atoms with Crippen molar-refractivity contribution >= 4 is 51.2 Å². The van der Waals surface area contributed by atoms with Crippen LogP contribution in [-0.2, 0) is 9.59 Å². The van der Waals surface area contributed by atoms with Crippen LogP contribution in [0.1, 0.15) is 74.0 Å². The monoisotopic (exact) mass is 600 g/mol. The predicted molar refractivity (Wildman–Crippen MR) is 172 cm³/mol. The first-order valence-corrected chi connectivity index (χ1v) is 14.9. The van der Waals surface area contributed by atoms with Gasteiger partial charge < -0.3 is 16.4 Å². The molecule has 6 N–H and O–H groups in total. The van der Waals surface area contributed by atoms with Crippen LogP contribution in [0.15, 0.2) is 59.2 Å². The number of nitrogens with one attached hydrogen (secondary N) is 4. The Balaban J connectivity index is 1.48. The molecule has 0 aliphatic carbocycles. The van der Waals surface area contributed by atoms with E-state index in [0.717, 1.165) is 36.0 Å². The maximum absolute atomic E-state index is 13.5. The molecule has 43 heavy (non-hydrogen) atoms. The number of pyridine rings is 1. The molecule has 2 aromatic heterocycles. The highest BCUT2D eigenvalue weighted by molar-refractivity contribution is 8.28. The lowest BCUT2D eigenvalue weighted by atomic mass is 10.0. The molecule has 3 aromatic rings. The summed E-state index contributed by atoms with van der Waals surface area (Å²) in [6.07, 6.45) is 8.14. The zero-order valence-corrected chi connectivity index (χ0v) is 25.3. The molecular formula is C31H36N8O3S. The first-order chi connectivity index (χ1) is 20.6. The fraction of sp³-hybridized carbons (Fsp3) is 0.323. The van der Waals surface area contributed by atoms with E-state index in [0.29, 0.717) is 41.9 Å². The summed E-state index contributed by atoms with van der Waals surface area (Å²) in [6, 6.07) is 9.77. The number of hydrogen-bond donors (Lipinski definition) is 5. The van der Waals surface area contributed by atoms with Crippen molar-refractivity contribution in [2.24, 2.45) is 0 Å². The van der Waals surface area contributed by atoms with Gasteiger partial charge in [0.2, 0.25) is 5.91 Å². The maximum atomic E-state index is 13.5. The number of aryl methyl sites for hydroxylation is 1. The zero-order chi connectivity index (χ0) is 31.1. The van der Waals surface area contributed by atoms with Gasteiger partial charge in [-0.1, -0.05) is 62.2 Å². The van der Waals surface area contributed by atoms with Crippen molar-refractivity contribution in [3.63, 3.8) is 0 Å². The standard InChI is InChI=1S/C31H36N8O3S/c1-4-5-9-20(14-22-16-35-25(32)13-18(22)2)15-37-29(40)24-12-19(3)28-36-17-23(31(42)39(24)28)38-30(41)27(34)43-26(33)21-10-7-6-8-11-21/h6-8,10-11,13-14,16-17,19,24,33-34H,4-5,9,12,15H2,1-3H3,(H2,32,35)(H,37,40)(H,38,41)/b20-14+,33-26?,34-27?. The number of nitrogen functional groups attached to an aromatic ring is 1. The summed E-state index contributed by atoms with van der Waals surface area (Å²) >= 11 is 0.680. The summed E-state index contributed by atoms with van der Waals surface area (Å²) in [5, 5.41) is 21.3. The van der Waals surface area contributed by atoms with Crippen LogP contribution in [0.4, 0.5) is 11.5 Å². The summed E-state index contributed by atoms with van der Waals surface area (Å²) < 4.78 is 1.34. The molecule has 2 amide bonds. The average molecular weight is 601 g/mol. The smallest absolute Gasteiger partial charge is 0.280 e. The molecule has 0 saturated carbocycles. The Labute approximate surface area is 254 Å². The van der Waals surface area contributed by atoms with Gasteiger partial charge in [-0.3, -0.25) is 29.8 Å². The molecule has 0 radical (unpaired) electrons. The number of thioether (sulfide) groups is 1. The highest BCUT2D eigenvalue weighted by atomic mass is 32.2. The molecule has 224 valence electrons. The normalized spacial score (nSPS) is 15.9. The number of hydrogen-bond acceptors (Lipinski definition) is 9. The third-order valence-electron chi connectivity index (χ3n) is 7.22. The minimum Gasteiger partial charge on any atom is -0.384 e. The van der Waals surface area contributed by atoms with E-state index in [1.165, 1.54) is 10.8 Å². The molecule has 0 bridgehead atoms. The Morgan fingerprint density at radius 3 is 2.63 bits per heavy atom. The highest BCUT2D eigenvalue weighted by Gasteiger charge is 2.36. The van der Waals surface area contributed by atoms with Gasteiger partial charge in [-0.05, 0) is 55.1 Å². The Morgan fingerprint density at radius 2 is 1.93 bits per heavy atom. The third kappa shape index (κ3) is 7.63. The number of anilines is 2. The number of rotatable bonds is 9. The molecule has 0 saturated heterocycles. The Kier molecular flexibility index (Phi) is 10.3. The van der Waals surface area contributed by atoms with Crippen LogP contribution < -0.4 is 21.9 Å². The van der Waals surface area contributed by atoms with Crippen molar-refractivity contribution in [3.8, 4) is 0 Å². The largest absolute Gasteiger partial charge is 0.384 e. The molecule has 12 heteroatoms. The van der Waals surface area contributed by atoms with Gasteiger partial charge in [0.15, 0.2) is 5.04 Å². The molecule has 1 aromatic carbocycles. The molecule has 11 nitrogen and oxygen atoms in total. The average Bonchev–Trinajstić information content (AvgIpc) is 3.34. The number of nitrogens with two attached hydrogens (primary N) is 1. The zero-order valence-electron chi connectivity index (χ0n) is 24.4. The number of aromatic nitrogens is 3. The van der Waals surface area contributed by atoms with E-state index >= 15 is 0 Å². The van der Waals surface area contributed by atoms with Crippen LogP contribution in [0.25, 0.3) is 6.08 Å². The van der Waals surface area contributed by atoms with E-state index in [9.17, 15) is 14.4 Å². The van der Waals surface area contributed by atoms with Gasteiger partial charge in [-0.25, -0.2) is 9.97 Å². The van der Waals surface area contributed by atoms with Crippen LogP contribution in [0.5, 0.6) is 0 Å². The quantitative estimate of drug-likeness (QED) is 0.175. The number of carbonyl (C=O) groups excluding carboxylic acids is 2. The molecule has 1 aliphatic rings. The number of unbranched alkanes of at least 4 members (excludes halogenated alkanes) is 1. The van der Waals surface area contributed by atoms with Crippen LogP contribution >= 0.6 is 11.8 Å². The Morgan fingerprint density at radius 1 is 1.19 bits per heavy atom. The first kappa shape index (κ1) is 31.4. The van der Waals surface area contributed by atoms with E-state index in [-0.39, 0.29) is 22.6 Å². The van der Waals surface area contributed by atoms with Crippen molar-refractivity contribution in [3.05, 3.63) is 87.2 Å². The van der Waals surface area contributed by atoms with E-state index in [1.807, 2.05) is 32.1 Å². The van der Waals surface area contributed by atoms with E-state index < -0.39 is 22.6 Å². The molecule has 2 unspecified atom stereocenters. The number of carbonyl (C=O) groups is 2. The van der Waals surface area contributed by atoms with Crippen LogP contribution in [0, 0.1) is 17.7 Å². The topological polar surface area (TPSA) is 180 Å². The lowest BCUT2D eigenvalue weighted by Gasteiger charge is -2.17. The second kappa shape index (κ2) is 14.1. The fourth-order valence-electron chi connectivity index (χ4n) is 4.87. The molecule has 2 atom stereocenters. The summed E-state index contributed by atoms with van der Waals surface area (Å²) in [5.74, 6) is -0.387. The van der Waals surface area contributed by atoms with Crippen LogP contribution in [0.2, 0.25) is 0 Å². The van der Waals surface area contributed by atoms with Crippen molar-refractivity contribution < 1.29 is 9.59 Å². The highest BCUT2D eigenvalue weighted by Crippen LogP contribution is 2.33. The van der Waals surface area contributed by atoms with Gasteiger partial charge in [0.25, 0.3) is 11.5 Å². The molecular weight excluding hydrogens is 564 g/mol. The van der Waals surface area contributed by atoms with Gasteiger partial charge in [-0.2, -0.15) is 0 Å². The van der Waals surface area contributed by atoms with Crippen molar-refractivity contribution in [2.45, 2.75) is 58.4 Å². The van der Waals surface area contributed by atoms with Gasteiger partial charge >= 0.3 is 0 Å². The number of benzene rings is 1. The van der Waals surface area contributed by atoms with Crippen molar-refractivity contribution in [1.82, 2.24) is 19.9 Å². The Hall–Kier alpha value is -4.58. The van der Waals surface area contributed by atoms with Gasteiger partial charge in [0, 0.05) is 24.2 Å². The first-order valence-electron chi connectivity index (χ1n) is 14.1. The van der Waals surface area contributed by atoms with E-state index in [4.69, 9.17) is 16.6 Å². The van der Waals surface area contributed by atoms with Crippen LogP contribution in [0.3, 0.4) is 0 Å². The minimum atomic E-state index is -0.838. The predicted octanol–water partition coefficient (Wildman–Crippen LogP) is 4.64. The summed E-state index contributed by atoms with van der Waals surface area (Å²) in [4.78, 5) is 48.2. The summed E-state index contributed by atoms with van der Waals surface area (Å²) in [7, 11) is 0. The van der Waals surface area contributed by atoms with Crippen LogP contribution in [-0.4, -0.2) is 43.0 Å². The molecule has 0 spiro atoms. The van der Waals surface area contributed by atoms with Crippen molar-refractivity contribution in [2.75, 3.05) is 17.6 Å². The molecule has 3 heterocycles. The minimum absolute atomic E-state index is 0.0327. The third-order valence-corrected chi connectivity index (χ3v) is 8.05. The number of fused-ring (bicyclic) bond motifs is 1. The van der Waals surface area contributed by atoms with Gasteiger partial charge in [0.05, 0.1) is 6.20 Å². The van der Waals surface area contributed by atoms with Gasteiger partial charge in [-0.15, -0.1) is 0 Å². The van der Waals surface area contributed by atoms with Gasteiger partial charge in [0.1, 0.15) is 28.4 Å². The van der Waals surface area contributed by atoms with E-state index in [1.54, 1.807) is 30.5 Å². The Bertz CT molecular complexity index is 1630. The fourth-order valence-corrected chi connectivity index (χ4v) is 5.47. The number of nitrogens with zero attached hydrogens (tertiary/aromatic N) is 3. The maximum Gasteiger partial charge on any atom is 0.280 e. The lowest BCUT2D eigenvalue weighted by Crippen LogP contribution is -2.38. The second-order valence-electron chi connectivity index (χ2n) is 10.5. The molecule has 1 aliphatic heterocycles. The molecule has 4 rings (SSSR count). The summed E-state index contributed by atoms with van der Waals surface area (Å²) in [5.41, 5.74) is 8.61. The lowest BCUT2D eigenvalue weighted by molar-refractivity contribution is -0.124. The number of amides is 2. The van der Waals surface area contributed by atoms with Crippen molar-refractivity contribution in [1.29, 1.82) is 10.8 Å². The second-order valence-corrected chi connectivity index (χ2v) is 11.5. The summed E-state index contributed by atoms with van der Waals surface area (Å²) in [6.45, 7) is 6.27. The SMILES string of the molecule is CCCC/C(=C\c1cnc(N)cc1C)CNC(=O)C1CC(C)c2ncc(NC(=O)C(=N)SC(=N)c3ccccc3)c(=O)n21. The van der Waals surface area contributed by atoms with E-state index in [2.05, 4.69) is 27.5 Å².